The van der Waals surface area contributed by atoms with Crippen LogP contribution in [-0.2, 0) is 0 Å². The van der Waals surface area contributed by atoms with E-state index in [0.717, 1.165) is 23.7 Å². The monoisotopic (exact) mass is 208 g/mol. The van der Waals surface area contributed by atoms with Crippen LogP contribution in [0.3, 0.4) is 0 Å². The zero-order chi connectivity index (χ0) is 11.0. The highest BCUT2D eigenvalue weighted by Gasteiger charge is 2.44. The molecule has 0 spiro atoms. The van der Waals surface area contributed by atoms with Crippen LogP contribution in [0, 0.1) is 23.7 Å². The highest BCUT2D eigenvalue weighted by Crippen LogP contribution is 2.48. The summed E-state index contributed by atoms with van der Waals surface area (Å²) in [6.07, 6.45) is 6.34. The molecule has 0 aliphatic heterocycles. The van der Waals surface area contributed by atoms with Crippen molar-refractivity contribution >= 4 is 0 Å². The van der Waals surface area contributed by atoms with Crippen LogP contribution in [0.15, 0.2) is 12.2 Å². The summed E-state index contributed by atoms with van der Waals surface area (Å²) < 4.78 is 0. The zero-order valence-electron chi connectivity index (χ0n) is 10.5. The van der Waals surface area contributed by atoms with Crippen LogP contribution in [-0.4, -0.2) is 51.1 Å². The summed E-state index contributed by atoms with van der Waals surface area (Å²) in [5, 5.41) is 0. The Hall–Kier alpha value is -0.340. The second-order valence-electron chi connectivity index (χ2n) is 5.80. The van der Waals surface area contributed by atoms with Gasteiger partial charge in [-0.15, -0.1) is 0 Å². The molecule has 0 amide bonds. The zero-order valence-corrected chi connectivity index (χ0v) is 10.5. The smallest absolute Gasteiger partial charge is 0.00125 e. The standard InChI is InChI=1S/C13H24N2/c1-14(2)8-12-10-5-6-11(7-10)13(12)9-15(3)4/h5-6,10-13H,7-9H2,1-4H3/t10-,11-,12-,13+/m0/s1. The number of fused-ring (bicyclic) bond motifs is 2. The normalized spacial score (nSPS) is 38.5. The van der Waals surface area contributed by atoms with E-state index >= 15 is 0 Å². The van der Waals surface area contributed by atoms with Crippen LogP contribution in [0.2, 0.25) is 0 Å². The fraction of sp³-hybridized carbons (Fsp3) is 0.846. The Balaban J connectivity index is 2.03. The average molecular weight is 208 g/mol. The molecule has 2 nitrogen and oxygen atoms in total. The van der Waals surface area contributed by atoms with Gasteiger partial charge in [-0.3, -0.25) is 0 Å². The van der Waals surface area contributed by atoms with Crippen molar-refractivity contribution in [3.8, 4) is 0 Å². The molecule has 2 bridgehead atoms. The van der Waals surface area contributed by atoms with E-state index < -0.39 is 0 Å². The van der Waals surface area contributed by atoms with Crippen molar-refractivity contribution in [2.75, 3.05) is 41.3 Å². The van der Waals surface area contributed by atoms with Crippen LogP contribution in [0.25, 0.3) is 0 Å². The summed E-state index contributed by atoms with van der Waals surface area (Å²) in [7, 11) is 8.79. The fourth-order valence-electron chi connectivity index (χ4n) is 3.41. The lowest BCUT2D eigenvalue weighted by atomic mass is 9.82. The van der Waals surface area contributed by atoms with E-state index in [-0.39, 0.29) is 0 Å². The van der Waals surface area contributed by atoms with Gasteiger partial charge in [0.1, 0.15) is 0 Å². The van der Waals surface area contributed by atoms with Gasteiger partial charge in [0.05, 0.1) is 0 Å². The minimum Gasteiger partial charge on any atom is -0.309 e. The Labute approximate surface area is 93.9 Å². The van der Waals surface area contributed by atoms with E-state index in [2.05, 4.69) is 50.1 Å². The molecule has 0 saturated heterocycles. The molecule has 0 N–H and O–H groups in total. The molecule has 2 heteroatoms. The quantitative estimate of drug-likeness (QED) is 0.647. The predicted molar refractivity (Wildman–Crippen MR) is 64.8 cm³/mol. The second-order valence-corrected chi connectivity index (χ2v) is 5.80. The highest BCUT2D eigenvalue weighted by molar-refractivity contribution is 5.14. The van der Waals surface area contributed by atoms with Gasteiger partial charge in [0, 0.05) is 13.1 Å². The third-order valence-electron chi connectivity index (χ3n) is 3.95. The van der Waals surface area contributed by atoms with Gasteiger partial charge in [0.2, 0.25) is 0 Å². The Morgan fingerprint density at radius 2 is 1.27 bits per heavy atom. The lowest BCUT2D eigenvalue weighted by Gasteiger charge is -2.32. The average Bonchev–Trinajstić information content (AvgIpc) is 2.67. The van der Waals surface area contributed by atoms with Crippen LogP contribution < -0.4 is 0 Å². The van der Waals surface area contributed by atoms with Crippen molar-refractivity contribution in [3.05, 3.63) is 12.2 Å². The summed E-state index contributed by atoms with van der Waals surface area (Å²) in [5.41, 5.74) is 0. The molecule has 0 aromatic carbocycles. The number of rotatable bonds is 4. The highest BCUT2D eigenvalue weighted by atomic mass is 15.1. The van der Waals surface area contributed by atoms with Crippen LogP contribution in [0.4, 0.5) is 0 Å². The third-order valence-corrected chi connectivity index (χ3v) is 3.95. The number of nitrogens with zero attached hydrogens (tertiary/aromatic N) is 2. The van der Waals surface area contributed by atoms with Gasteiger partial charge in [-0.2, -0.15) is 0 Å². The number of allylic oxidation sites excluding steroid dienone is 2. The summed E-state index contributed by atoms with van der Waals surface area (Å²) >= 11 is 0. The summed E-state index contributed by atoms with van der Waals surface area (Å²) in [4.78, 5) is 4.70. The first-order chi connectivity index (χ1) is 7.08. The number of hydrogen-bond donors (Lipinski definition) is 0. The van der Waals surface area contributed by atoms with E-state index in [1.807, 2.05) is 0 Å². The van der Waals surface area contributed by atoms with Gasteiger partial charge < -0.3 is 9.80 Å². The van der Waals surface area contributed by atoms with Crippen molar-refractivity contribution in [2.24, 2.45) is 23.7 Å². The molecule has 4 atom stereocenters. The topological polar surface area (TPSA) is 6.48 Å². The minimum atomic E-state index is 0.863. The molecule has 1 fully saturated rings. The predicted octanol–water partition coefficient (Wildman–Crippen LogP) is 1.55. The summed E-state index contributed by atoms with van der Waals surface area (Å²) in [6, 6.07) is 0. The maximum absolute atomic E-state index is 2.46. The van der Waals surface area contributed by atoms with Gasteiger partial charge >= 0.3 is 0 Å². The fourth-order valence-corrected chi connectivity index (χ4v) is 3.41. The Bertz CT molecular complexity index is 221. The molecule has 2 rings (SSSR count). The lowest BCUT2D eigenvalue weighted by Crippen LogP contribution is -2.35. The molecule has 15 heavy (non-hydrogen) atoms. The van der Waals surface area contributed by atoms with Gasteiger partial charge in [-0.05, 0) is 58.3 Å². The minimum absolute atomic E-state index is 0.863. The molecule has 0 unspecified atom stereocenters. The summed E-state index contributed by atoms with van der Waals surface area (Å²) in [5.74, 6) is 3.50. The number of hydrogen-bond acceptors (Lipinski definition) is 2. The molecule has 0 aromatic rings. The first-order valence-corrected chi connectivity index (χ1v) is 6.05. The third kappa shape index (κ3) is 2.26. The first kappa shape index (κ1) is 11.2. The Kier molecular flexibility index (Phi) is 3.17. The SMILES string of the molecule is CN(C)C[C@@H]1[C@H](CN(C)C)[C@H]2C=C[C@H]1C2. The van der Waals surface area contributed by atoms with Crippen LogP contribution in [0.1, 0.15) is 6.42 Å². The van der Waals surface area contributed by atoms with E-state index in [1.54, 1.807) is 0 Å². The molecule has 2 aliphatic rings. The van der Waals surface area contributed by atoms with Gasteiger partial charge in [-0.1, -0.05) is 12.2 Å². The molecule has 86 valence electrons. The van der Waals surface area contributed by atoms with Gasteiger partial charge in [0.25, 0.3) is 0 Å². The lowest BCUT2D eigenvalue weighted by molar-refractivity contribution is 0.190. The van der Waals surface area contributed by atoms with E-state index in [9.17, 15) is 0 Å². The molecule has 0 heterocycles. The van der Waals surface area contributed by atoms with Gasteiger partial charge in [0.15, 0.2) is 0 Å². The van der Waals surface area contributed by atoms with Crippen molar-refractivity contribution in [2.45, 2.75) is 6.42 Å². The van der Waals surface area contributed by atoms with Crippen molar-refractivity contribution in [1.29, 1.82) is 0 Å². The first-order valence-electron chi connectivity index (χ1n) is 6.05. The molecule has 1 saturated carbocycles. The molecule has 0 radical (unpaired) electrons. The van der Waals surface area contributed by atoms with Crippen molar-refractivity contribution in [1.82, 2.24) is 9.80 Å². The van der Waals surface area contributed by atoms with E-state index in [1.165, 1.54) is 19.5 Å². The van der Waals surface area contributed by atoms with Crippen LogP contribution in [0.5, 0.6) is 0 Å². The molecular weight excluding hydrogens is 184 g/mol. The maximum Gasteiger partial charge on any atom is 0.00125 e. The largest absolute Gasteiger partial charge is 0.309 e. The summed E-state index contributed by atoms with van der Waals surface area (Å²) in [6.45, 7) is 2.51. The Morgan fingerprint density at radius 1 is 0.867 bits per heavy atom. The maximum atomic E-state index is 2.46. The molecule has 0 aromatic heterocycles. The van der Waals surface area contributed by atoms with Crippen LogP contribution >= 0.6 is 0 Å². The van der Waals surface area contributed by atoms with E-state index in [0.29, 0.717) is 0 Å². The molecular formula is C13H24N2. The van der Waals surface area contributed by atoms with Crippen molar-refractivity contribution in [3.63, 3.8) is 0 Å². The van der Waals surface area contributed by atoms with Gasteiger partial charge in [-0.25, -0.2) is 0 Å². The van der Waals surface area contributed by atoms with E-state index in [4.69, 9.17) is 0 Å². The Morgan fingerprint density at radius 3 is 1.60 bits per heavy atom. The second kappa shape index (κ2) is 4.26. The van der Waals surface area contributed by atoms with Crippen molar-refractivity contribution < 1.29 is 0 Å². The molecule has 2 aliphatic carbocycles.